The Morgan fingerprint density at radius 3 is 2.15 bits per heavy atom. The van der Waals surface area contributed by atoms with Crippen molar-refractivity contribution < 1.29 is 14.7 Å². The lowest BCUT2D eigenvalue weighted by atomic mass is 9.32. The average Bonchev–Trinajstić information content (AvgIpc) is 2.71. The van der Waals surface area contributed by atoms with Crippen molar-refractivity contribution in [2.75, 3.05) is 0 Å². The molecule has 0 aromatic rings. The van der Waals surface area contributed by atoms with Gasteiger partial charge in [-0.05, 0) is 97.2 Å². The fourth-order valence-corrected chi connectivity index (χ4v) is 10.5. The molecule has 1 unspecified atom stereocenters. The van der Waals surface area contributed by atoms with Gasteiger partial charge in [0.05, 0.1) is 5.41 Å². The van der Waals surface area contributed by atoms with Crippen molar-refractivity contribution in [2.24, 2.45) is 50.2 Å². The van der Waals surface area contributed by atoms with Crippen LogP contribution in [0.2, 0.25) is 0 Å². The van der Waals surface area contributed by atoms with Crippen LogP contribution in [0.1, 0.15) is 113 Å². The highest BCUT2D eigenvalue weighted by Gasteiger charge is 2.69. The number of rotatable bonds is 1. The van der Waals surface area contributed by atoms with E-state index in [2.05, 4.69) is 54.5 Å². The first-order valence-corrected chi connectivity index (χ1v) is 13.6. The molecule has 0 amide bonds. The van der Waals surface area contributed by atoms with Gasteiger partial charge in [0.25, 0.3) is 0 Å². The standard InChI is InChI=1S/C30H46O3/c1-25(2)14-16-30(24(32)33)17-15-28(6)19(20(30)18-25)8-9-22-27(5)12-11-23(31)26(3,4)21(27)10-13-29(22,28)7/h18-19,21-22H,8-17H2,1-7H3,(H,32,33)/t19-,21+,22-,27+,28-,29?,30+/m1/s1. The molecule has 0 aliphatic heterocycles. The number of hydrogen-bond acceptors (Lipinski definition) is 2. The van der Waals surface area contributed by atoms with Crippen molar-refractivity contribution >= 4 is 11.8 Å². The maximum atomic E-state index is 12.9. The van der Waals surface area contributed by atoms with Crippen LogP contribution in [0.3, 0.4) is 0 Å². The number of carboxylic acid groups (broad SMARTS) is 1. The Balaban J connectivity index is 1.59. The van der Waals surface area contributed by atoms with Crippen LogP contribution in [0.5, 0.6) is 0 Å². The van der Waals surface area contributed by atoms with Gasteiger partial charge in [-0.3, -0.25) is 9.59 Å². The zero-order valence-corrected chi connectivity index (χ0v) is 22.1. The van der Waals surface area contributed by atoms with Gasteiger partial charge in [0, 0.05) is 11.8 Å². The molecule has 184 valence electrons. The van der Waals surface area contributed by atoms with Gasteiger partial charge in [-0.1, -0.05) is 60.1 Å². The summed E-state index contributed by atoms with van der Waals surface area (Å²) < 4.78 is 0. The van der Waals surface area contributed by atoms with E-state index in [1.807, 2.05) is 0 Å². The highest BCUT2D eigenvalue weighted by molar-refractivity contribution is 5.85. The van der Waals surface area contributed by atoms with E-state index in [9.17, 15) is 14.7 Å². The summed E-state index contributed by atoms with van der Waals surface area (Å²) in [6.45, 7) is 16.6. The minimum atomic E-state index is -0.636. The summed E-state index contributed by atoms with van der Waals surface area (Å²) in [6, 6.07) is 0. The normalized spacial score (nSPS) is 50.2. The number of aliphatic carboxylic acids is 1. The van der Waals surface area contributed by atoms with Crippen molar-refractivity contribution in [2.45, 2.75) is 113 Å². The van der Waals surface area contributed by atoms with Crippen LogP contribution in [-0.2, 0) is 9.59 Å². The van der Waals surface area contributed by atoms with E-state index < -0.39 is 11.4 Å². The summed E-state index contributed by atoms with van der Waals surface area (Å²) in [7, 11) is 0. The number of carbonyl (C=O) groups is 2. The first-order chi connectivity index (χ1) is 15.1. The molecule has 5 aliphatic rings. The van der Waals surface area contributed by atoms with E-state index in [1.54, 1.807) is 0 Å². The fraction of sp³-hybridized carbons (Fsp3) is 0.867. The van der Waals surface area contributed by atoms with Gasteiger partial charge < -0.3 is 5.11 Å². The van der Waals surface area contributed by atoms with E-state index in [-0.39, 0.29) is 27.1 Å². The molecule has 3 nitrogen and oxygen atoms in total. The first kappa shape index (κ1) is 23.6. The van der Waals surface area contributed by atoms with E-state index in [1.165, 1.54) is 18.4 Å². The molecule has 33 heavy (non-hydrogen) atoms. The molecule has 0 saturated heterocycles. The topological polar surface area (TPSA) is 54.4 Å². The van der Waals surface area contributed by atoms with Crippen LogP contribution < -0.4 is 0 Å². The summed E-state index contributed by atoms with van der Waals surface area (Å²) in [5, 5.41) is 10.5. The predicted molar refractivity (Wildman–Crippen MR) is 132 cm³/mol. The zero-order valence-electron chi connectivity index (χ0n) is 22.1. The monoisotopic (exact) mass is 454 g/mol. The van der Waals surface area contributed by atoms with Crippen molar-refractivity contribution in [3.8, 4) is 0 Å². The fourth-order valence-electron chi connectivity index (χ4n) is 10.5. The molecule has 0 aromatic heterocycles. The van der Waals surface area contributed by atoms with Crippen molar-refractivity contribution in [1.82, 2.24) is 0 Å². The van der Waals surface area contributed by atoms with Crippen LogP contribution in [0.15, 0.2) is 11.6 Å². The molecule has 1 N–H and O–H groups in total. The number of carboxylic acids is 1. The van der Waals surface area contributed by atoms with E-state index in [0.717, 1.165) is 51.4 Å². The van der Waals surface area contributed by atoms with Gasteiger partial charge in [0.2, 0.25) is 0 Å². The van der Waals surface area contributed by atoms with Crippen LogP contribution in [0, 0.1) is 50.2 Å². The van der Waals surface area contributed by atoms with E-state index in [4.69, 9.17) is 0 Å². The largest absolute Gasteiger partial charge is 0.481 e. The molecule has 0 spiro atoms. The number of hydrogen-bond donors (Lipinski definition) is 1. The average molecular weight is 455 g/mol. The summed E-state index contributed by atoms with van der Waals surface area (Å²) in [6.07, 6.45) is 12.4. The molecule has 0 radical (unpaired) electrons. The van der Waals surface area contributed by atoms with Gasteiger partial charge in [-0.15, -0.1) is 0 Å². The Kier molecular flexibility index (Phi) is 4.83. The molecule has 0 bridgehead atoms. The molecule has 7 atom stereocenters. The molecule has 3 heteroatoms. The molecular formula is C30H46O3. The second-order valence-corrected chi connectivity index (χ2v) is 14.7. The minimum absolute atomic E-state index is 0.0850. The SMILES string of the molecule is CC1(C)C=C2[C@H]3CC[C@H]4C(C)(CC[C@H]5C(C)(C)C(=O)CC[C@@]54C)[C@]3(C)CC[C@@]2(C(=O)O)CC1. The lowest BCUT2D eigenvalue weighted by molar-refractivity contribution is -0.213. The molecule has 0 heterocycles. The van der Waals surface area contributed by atoms with E-state index in [0.29, 0.717) is 23.5 Å². The van der Waals surface area contributed by atoms with Gasteiger partial charge in [-0.2, -0.15) is 0 Å². The third-order valence-electron chi connectivity index (χ3n) is 12.8. The molecule has 4 fully saturated rings. The highest BCUT2D eigenvalue weighted by atomic mass is 16.4. The molecule has 5 aliphatic carbocycles. The molecule has 5 rings (SSSR count). The number of carbonyl (C=O) groups excluding carboxylic acids is 1. The number of Topliss-reactive ketones (excluding diaryl/α,β-unsaturated/α-hetero) is 1. The van der Waals surface area contributed by atoms with Crippen LogP contribution in [-0.4, -0.2) is 16.9 Å². The Morgan fingerprint density at radius 2 is 1.48 bits per heavy atom. The molecule has 0 aromatic carbocycles. The molecular weight excluding hydrogens is 408 g/mol. The third kappa shape index (κ3) is 2.80. The Hall–Kier alpha value is -1.12. The van der Waals surface area contributed by atoms with Gasteiger partial charge in [0.15, 0.2) is 0 Å². The number of allylic oxidation sites excluding steroid dienone is 1. The summed E-state index contributed by atoms with van der Waals surface area (Å²) in [4.78, 5) is 25.6. The Bertz CT molecular complexity index is 927. The second-order valence-electron chi connectivity index (χ2n) is 14.7. The smallest absolute Gasteiger partial charge is 0.313 e. The minimum Gasteiger partial charge on any atom is -0.481 e. The predicted octanol–water partition coefficient (Wildman–Crippen LogP) is 7.44. The lowest BCUT2D eigenvalue weighted by Crippen LogP contribution is -2.65. The number of fused-ring (bicyclic) bond motifs is 7. The molecule has 4 saturated carbocycles. The van der Waals surface area contributed by atoms with Gasteiger partial charge >= 0.3 is 5.97 Å². The third-order valence-corrected chi connectivity index (χ3v) is 12.8. The zero-order chi connectivity index (χ0) is 24.2. The highest BCUT2D eigenvalue weighted by Crippen LogP contribution is 2.76. The first-order valence-electron chi connectivity index (χ1n) is 13.6. The number of ketones is 1. The van der Waals surface area contributed by atoms with Crippen molar-refractivity contribution in [3.63, 3.8) is 0 Å². The summed E-state index contributed by atoms with van der Waals surface area (Å²) in [5.74, 6) is 1.35. The quantitative estimate of drug-likeness (QED) is 0.419. The summed E-state index contributed by atoms with van der Waals surface area (Å²) >= 11 is 0. The van der Waals surface area contributed by atoms with Gasteiger partial charge in [-0.25, -0.2) is 0 Å². The van der Waals surface area contributed by atoms with Crippen LogP contribution in [0.25, 0.3) is 0 Å². The lowest BCUT2D eigenvalue weighted by Gasteiger charge is -2.71. The maximum Gasteiger partial charge on any atom is 0.313 e. The maximum absolute atomic E-state index is 12.9. The van der Waals surface area contributed by atoms with Crippen LogP contribution in [0.4, 0.5) is 0 Å². The Labute approximate surface area is 201 Å². The van der Waals surface area contributed by atoms with Gasteiger partial charge in [0.1, 0.15) is 5.78 Å². The van der Waals surface area contributed by atoms with Crippen LogP contribution >= 0.6 is 0 Å². The van der Waals surface area contributed by atoms with E-state index >= 15 is 0 Å². The van der Waals surface area contributed by atoms with Crippen molar-refractivity contribution in [1.29, 1.82) is 0 Å². The summed E-state index contributed by atoms with van der Waals surface area (Å²) in [5.41, 5.74) is 1.06. The Morgan fingerprint density at radius 1 is 0.818 bits per heavy atom. The second kappa shape index (κ2) is 6.76. The van der Waals surface area contributed by atoms with Crippen molar-refractivity contribution in [3.05, 3.63) is 11.6 Å².